The minimum absolute atomic E-state index is 0.243. The number of hydrogen-bond donors (Lipinski definition) is 2. The first kappa shape index (κ1) is 12.2. The molecule has 0 atom stereocenters. The number of rotatable bonds is 6. The van der Waals surface area contributed by atoms with E-state index in [0.29, 0.717) is 0 Å². The molecule has 1 aromatic heterocycles. The maximum absolute atomic E-state index is 10.9. The van der Waals surface area contributed by atoms with Gasteiger partial charge in [-0.3, -0.25) is 14.9 Å². The Bertz CT molecular complexity index is 372. The molecule has 0 fully saturated rings. The predicted molar refractivity (Wildman–Crippen MR) is 59.2 cm³/mol. The number of amides is 1. The Hall–Kier alpha value is -1.92. The molecule has 1 heterocycles. The molecule has 1 amide bonds. The molecule has 0 spiro atoms. The lowest BCUT2D eigenvalue weighted by Gasteiger charge is -2.09. The minimum atomic E-state index is -0.570. The van der Waals surface area contributed by atoms with Crippen molar-refractivity contribution in [3.63, 3.8) is 0 Å². The molecule has 0 aliphatic rings. The normalized spacial score (nSPS) is 10.9. The number of carbonyl (C=O) groups excluding carboxylic acids is 1. The van der Waals surface area contributed by atoms with Gasteiger partial charge in [0.2, 0.25) is 0 Å². The van der Waals surface area contributed by atoms with Crippen LogP contribution in [0.25, 0.3) is 0 Å². The van der Waals surface area contributed by atoms with E-state index >= 15 is 0 Å². The van der Waals surface area contributed by atoms with Gasteiger partial charge in [0.1, 0.15) is 5.56 Å². The number of primary amides is 1. The molecule has 0 radical (unpaired) electrons. The van der Waals surface area contributed by atoms with E-state index in [1.165, 1.54) is 6.20 Å². The summed E-state index contributed by atoms with van der Waals surface area (Å²) in [6, 6.07) is 0. The van der Waals surface area contributed by atoms with Gasteiger partial charge < -0.3 is 5.73 Å². The number of H-pyrrole nitrogens is 1. The second kappa shape index (κ2) is 5.84. The number of nitrogens with zero attached hydrogens (tertiary/aromatic N) is 4. The SMILES string of the molecule is CCCCN(C)/N=N\c1[nH]ncc1C(N)=O. The predicted octanol–water partition coefficient (Wildman–Crippen LogP) is 1.24. The van der Waals surface area contributed by atoms with E-state index in [1.54, 1.807) is 5.01 Å². The standard InChI is InChI=1S/C9H16N6O/c1-3-4-5-15(2)14-13-9-7(8(10)16)6-11-12-9/h6H,3-5H2,1-2H3,(H2,10,16)(H,11,12)/b14-13-. The zero-order valence-electron chi connectivity index (χ0n) is 9.47. The second-order valence-electron chi connectivity index (χ2n) is 3.42. The third-order valence-corrected chi connectivity index (χ3v) is 2.02. The maximum Gasteiger partial charge on any atom is 0.254 e. The average Bonchev–Trinajstić information content (AvgIpc) is 2.71. The van der Waals surface area contributed by atoms with Gasteiger partial charge in [0.25, 0.3) is 5.91 Å². The van der Waals surface area contributed by atoms with Crippen LogP contribution >= 0.6 is 0 Å². The average molecular weight is 224 g/mol. The van der Waals surface area contributed by atoms with Gasteiger partial charge in [0.15, 0.2) is 5.82 Å². The van der Waals surface area contributed by atoms with Gasteiger partial charge >= 0.3 is 0 Å². The van der Waals surface area contributed by atoms with Gasteiger partial charge in [-0.05, 0) is 6.42 Å². The van der Waals surface area contributed by atoms with Crippen LogP contribution in [-0.4, -0.2) is 34.7 Å². The van der Waals surface area contributed by atoms with Crippen molar-refractivity contribution in [2.75, 3.05) is 13.6 Å². The van der Waals surface area contributed by atoms with Crippen molar-refractivity contribution >= 4 is 11.7 Å². The Morgan fingerprint density at radius 2 is 2.44 bits per heavy atom. The summed E-state index contributed by atoms with van der Waals surface area (Å²) >= 11 is 0. The third-order valence-electron chi connectivity index (χ3n) is 2.02. The molecule has 0 unspecified atom stereocenters. The highest BCUT2D eigenvalue weighted by Crippen LogP contribution is 2.14. The van der Waals surface area contributed by atoms with Crippen LogP contribution < -0.4 is 5.73 Å². The molecular formula is C9H16N6O. The monoisotopic (exact) mass is 224 g/mol. The summed E-state index contributed by atoms with van der Waals surface area (Å²) < 4.78 is 0. The Labute approximate surface area is 93.7 Å². The van der Waals surface area contributed by atoms with Crippen molar-refractivity contribution in [1.29, 1.82) is 0 Å². The van der Waals surface area contributed by atoms with E-state index in [0.717, 1.165) is 19.4 Å². The summed E-state index contributed by atoms with van der Waals surface area (Å²) in [4.78, 5) is 10.9. The van der Waals surface area contributed by atoms with Crippen LogP contribution in [0.5, 0.6) is 0 Å². The molecule has 0 saturated carbocycles. The molecule has 3 N–H and O–H groups in total. The highest BCUT2D eigenvalue weighted by molar-refractivity contribution is 5.96. The smallest absolute Gasteiger partial charge is 0.254 e. The number of nitrogens with one attached hydrogen (secondary N) is 1. The number of unbranched alkanes of at least 4 members (excludes halogenated alkanes) is 1. The fraction of sp³-hybridized carbons (Fsp3) is 0.556. The van der Waals surface area contributed by atoms with Crippen molar-refractivity contribution in [3.05, 3.63) is 11.8 Å². The van der Waals surface area contributed by atoms with Crippen LogP contribution in [0.15, 0.2) is 16.5 Å². The van der Waals surface area contributed by atoms with Gasteiger partial charge in [-0.1, -0.05) is 18.6 Å². The van der Waals surface area contributed by atoms with E-state index in [2.05, 4.69) is 27.5 Å². The fourth-order valence-electron chi connectivity index (χ4n) is 1.09. The van der Waals surface area contributed by atoms with Gasteiger partial charge in [0, 0.05) is 13.6 Å². The Morgan fingerprint density at radius 1 is 1.69 bits per heavy atom. The van der Waals surface area contributed by atoms with Crippen LogP contribution in [-0.2, 0) is 0 Å². The third kappa shape index (κ3) is 3.34. The van der Waals surface area contributed by atoms with E-state index in [1.807, 2.05) is 7.05 Å². The first-order valence-corrected chi connectivity index (χ1v) is 5.11. The van der Waals surface area contributed by atoms with Crippen LogP contribution in [0.2, 0.25) is 0 Å². The molecule has 7 nitrogen and oxygen atoms in total. The lowest BCUT2D eigenvalue weighted by atomic mass is 10.3. The van der Waals surface area contributed by atoms with Crippen molar-refractivity contribution in [3.8, 4) is 0 Å². The lowest BCUT2D eigenvalue weighted by molar-refractivity contribution is 0.100. The molecule has 0 saturated heterocycles. The number of hydrogen-bond acceptors (Lipinski definition) is 4. The van der Waals surface area contributed by atoms with Crippen molar-refractivity contribution in [2.24, 2.45) is 16.1 Å². The maximum atomic E-state index is 10.9. The fourth-order valence-corrected chi connectivity index (χ4v) is 1.09. The van der Waals surface area contributed by atoms with E-state index in [4.69, 9.17) is 5.73 Å². The van der Waals surface area contributed by atoms with Crippen LogP contribution in [0, 0.1) is 0 Å². The second-order valence-corrected chi connectivity index (χ2v) is 3.42. The van der Waals surface area contributed by atoms with Crippen molar-refractivity contribution < 1.29 is 4.79 Å². The summed E-state index contributed by atoms with van der Waals surface area (Å²) in [6.45, 7) is 2.92. The minimum Gasteiger partial charge on any atom is -0.365 e. The molecule has 1 aromatic rings. The summed E-state index contributed by atoms with van der Waals surface area (Å²) in [5.74, 6) is -0.283. The van der Waals surface area contributed by atoms with Crippen molar-refractivity contribution in [2.45, 2.75) is 19.8 Å². The van der Waals surface area contributed by atoms with Gasteiger partial charge in [-0.25, -0.2) is 0 Å². The molecule has 1 rings (SSSR count). The largest absolute Gasteiger partial charge is 0.365 e. The molecule has 0 aliphatic carbocycles. The highest BCUT2D eigenvalue weighted by Gasteiger charge is 2.09. The summed E-state index contributed by atoms with van der Waals surface area (Å²) in [7, 11) is 1.82. The van der Waals surface area contributed by atoms with Crippen LogP contribution in [0.4, 0.5) is 5.82 Å². The number of nitrogens with two attached hydrogens (primary N) is 1. The lowest BCUT2D eigenvalue weighted by Crippen LogP contribution is -2.12. The first-order chi connectivity index (χ1) is 7.65. The van der Waals surface area contributed by atoms with E-state index in [-0.39, 0.29) is 11.4 Å². The molecule has 0 aromatic carbocycles. The quantitative estimate of drug-likeness (QED) is 0.561. The zero-order chi connectivity index (χ0) is 12.0. The van der Waals surface area contributed by atoms with Crippen LogP contribution in [0.1, 0.15) is 30.1 Å². The number of aromatic nitrogens is 2. The topological polar surface area (TPSA) is 99.7 Å². The highest BCUT2D eigenvalue weighted by atomic mass is 16.1. The number of carbonyl (C=O) groups is 1. The Morgan fingerprint density at radius 3 is 3.06 bits per heavy atom. The molecule has 0 bridgehead atoms. The Kier molecular flexibility index (Phi) is 4.43. The zero-order valence-corrected chi connectivity index (χ0v) is 9.47. The summed E-state index contributed by atoms with van der Waals surface area (Å²) in [6.07, 6.45) is 3.47. The Balaban J connectivity index is 2.61. The first-order valence-electron chi connectivity index (χ1n) is 5.11. The van der Waals surface area contributed by atoms with E-state index in [9.17, 15) is 4.79 Å². The van der Waals surface area contributed by atoms with Crippen molar-refractivity contribution in [1.82, 2.24) is 15.2 Å². The molecule has 88 valence electrons. The molecule has 16 heavy (non-hydrogen) atoms. The summed E-state index contributed by atoms with van der Waals surface area (Å²) in [5, 5.41) is 15.7. The van der Waals surface area contributed by atoms with Gasteiger partial charge in [0.05, 0.1) is 6.20 Å². The summed E-state index contributed by atoms with van der Waals surface area (Å²) in [5.41, 5.74) is 5.37. The van der Waals surface area contributed by atoms with Crippen LogP contribution in [0.3, 0.4) is 0 Å². The molecule has 7 heteroatoms. The molecular weight excluding hydrogens is 208 g/mol. The number of aromatic amines is 1. The van der Waals surface area contributed by atoms with Gasteiger partial charge in [-0.15, -0.1) is 5.11 Å². The van der Waals surface area contributed by atoms with Gasteiger partial charge in [-0.2, -0.15) is 5.10 Å². The molecule has 0 aliphatic heterocycles. The van der Waals surface area contributed by atoms with E-state index < -0.39 is 5.91 Å².